The first kappa shape index (κ1) is 40.2. The van der Waals surface area contributed by atoms with Crippen molar-refractivity contribution in [1.29, 1.82) is 0 Å². The lowest BCUT2D eigenvalue weighted by Crippen LogP contribution is -2.39. The molecule has 0 bridgehead atoms. The Kier molecular flexibility index (Phi) is 13.1. The molecule has 55 heavy (non-hydrogen) atoms. The highest BCUT2D eigenvalue weighted by atomic mass is 35.5. The highest BCUT2D eigenvalue weighted by Crippen LogP contribution is 2.50. The number of carbonyl (C=O) groups is 2. The Balaban J connectivity index is 1.49. The summed E-state index contributed by atoms with van der Waals surface area (Å²) in [5, 5.41) is 24.5. The van der Waals surface area contributed by atoms with Crippen LogP contribution >= 0.6 is 58.2 Å². The van der Waals surface area contributed by atoms with Crippen LogP contribution in [0.3, 0.4) is 0 Å². The highest BCUT2D eigenvalue weighted by Gasteiger charge is 2.26. The Morgan fingerprint density at radius 3 is 1.33 bits per heavy atom. The van der Waals surface area contributed by atoms with Crippen LogP contribution in [0.15, 0.2) is 82.6 Å². The first-order valence-corrected chi connectivity index (χ1v) is 19.1. The zero-order valence-electron chi connectivity index (χ0n) is 28.7. The number of carbonyl (C=O) groups excluding carboxylic acids is 2. The van der Waals surface area contributed by atoms with Gasteiger partial charge in [0.2, 0.25) is 11.8 Å². The summed E-state index contributed by atoms with van der Waals surface area (Å²) >= 11 is 28.7. The summed E-state index contributed by atoms with van der Waals surface area (Å²) in [7, 11) is 0. The maximum absolute atomic E-state index is 13.1. The molecule has 6 rings (SSSR count). The van der Waals surface area contributed by atoms with Gasteiger partial charge in [-0.05, 0) is 47.5 Å². The van der Waals surface area contributed by atoms with Crippen molar-refractivity contribution in [3.63, 3.8) is 0 Å². The van der Waals surface area contributed by atoms with Crippen molar-refractivity contribution in [2.45, 2.75) is 9.79 Å². The van der Waals surface area contributed by atoms with E-state index in [4.69, 9.17) is 55.9 Å². The lowest BCUT2D eigenvalue weighted by molar-refractivity contribution is -0.384. The van der Waals surface area contributed by atoms with Gasteiger partial charge in [0, 0.05) is 71.4 Å². The molecule has 0 aromatic heterocycles. The van der Waals surface area contributed by atoms with Gasteiger partial charge in [-0.2, -0.15) is 0 Å². The third-order valence-electron chi connectivity index (χ3n) is 8.85. The Morgan fingerprint density at radius 2 is 0.964 bits per heavy atom. The van der Waals surface area contributed by atoms with E-state index in [-0.39, 0.29) is 65.5 Å². The number of morpholine rings is 2. The molecule has 0 N–H and O–H groups in total. The molecule has 0 aliphatic carbocycles. The number of nitrogens with zero attached hydrogens (tertiary/aromatic N) is 4. The molecule has 2 heterocycles. The van der Waals surface area contributed by atoms with E-state index >= 15 is 0 Å². The molecule has 0 unspecified atom stereocenters. The standard InChI is InChI=1S/C38H30Cl4N4O8S/c39-35-25(9-11-33(47)43-13-17-53-18-14-43)27(23-5-1-3-7-29(23)45(49)50)21-31(37(35)41)55-32-22-28(24-6-2-4-8-30(24)46(51)52)26(36(40)38(32)42)10-12-34(48)44-15-19-54-20-16-44/h1-12,21-22H,13-20H2. The van der Waals surface area contributed by atoms with Gasteiger partial charge in [0.25, 0.3) is 11.4 Å². The lowest BCUT2D eigenvalue weighted by atomic mass is 9.97. The number of nitro benzene ring substituents is 2. The van der Waals surface area contributed by atoms with Gasteiger partial charge in [-0.15, -0.1) is 0 Å². The van der Waals surface area contributed by atoms with Gasteiger partial charge < -0.3 is 19.3 Å². The quantitative estimate of drug-likeness (QED) is 0.0866. The first-order chi connectivity index (χ1) is 26.5. The number of hydrogen-bond donors (Lipinski definition) is 0. The molecule has 0 atom stereocenters. The van der Waals surface area contributed by atoms with E-state index in [2.05, 4.69) is 0 Å². The largest absolute Gasteiger partial charge is 0.378 e. The van der Waals surface area contributed by atoms with Gasteiger partial charge >= 0.3 is 0 Å². The van der Waals surface area contributed by atoms with Crippen molar-refractivity contribution in [1.82, 2.24) is 9.80 Å². The molecule has 0 spiro atoms. The Bertz CT molecular complexity index is 2090. The van der Waals surface area contributed by atoms with Gasteiger partial charge in [-0.25, -0.2) is 0 Å². The summed E-state index contributed by atoms with van der Waals surface area (Å²) in [5.74, 6) is -0.598. The predicted octanol–water partition coefficient (Wildman–Crippen LogP) is 9.35. The molecule has 2 fully saturated rings. The second-order valence-electron chi connectivity index (χ2n) is 12.1. The number of benzene rings is 4. The molecule has 12 nitrogen and oxygen atoms in total. The third kappa shape index (κ3) is 9.00. The first-order valence-electron chi connectivity index (χ1n) is 16.7. The topological polar surface area (TPSA) is 145 Å². The molecule has 2 aliphatic heterocycles. The normalized spacial score (nSPS) is 14.8. The molecule has 4 aromatic rings. The van der Waals surface area contributed by atoms with Crippen LogP contribution in [0.25, 0.3) is 34.4 Å². The molecule has 2 amide bonds. The van der Waals surface area contributed by atoms with Crippen LogP contribution in [-0.4, -0.2) is 84.1 Å². The second kappa shape index (κ2) is 18.0. The number of nitro groups is 2. The van der Waals surface area contributed by atoms with Gasteiger partial charge in [0.1, 0.15) is 0 Å². The summed E-state index contributed by atoms with van der Waals surface area (Å²) in [5.41, 5.74) is 1.13. The van der Waals surface area contributed by atoms with Crippen molar-refractivity contribution in [2.24, 2.45) is 0 Å². The van der Waals surface area contributed by atoms with Gasteiger partial charge in [-0.3, -0.25) is 29.8 Å². The van der Waals surface area contributed by atoms with E-state index in [0.29, 0.717) is 73.5 Å². The summed E-state index contributed by atoms with van der Waals surface area (Å²) in [6, 6.07) is 15.3. The van der Waals surface area contributed by atoms with E-state index < -0.39 is 9.85 Å². The van der Waals surface area contributed by atoms with Crippen LogP contribution in [0, 0.1) is 20.2 Å². The number of ether oxygens (including phenoxy) is 2. The van der Waals surface area contributed by atoms with E-state index in [1.54, 1.807) is 46.2 Å². The minimum absolute atomic E-state index is 0.00756. The summed E-state index contributed by atoms with van der Waals surface area (Å²) in [6.07, 6.45) is 5.62. The minimum atomic E-state index is -0.525. The van der Waals surface area contributed by atoms with Gasteiger partial charge in [-0.1, -0.05) is 82.4 Å². The number of para-hydroxylation sites is 2. The summed E-state index contributed by atoms with van der Waals surface area (Å²) in [4.78, 5) is 53.3. The number of amides is 2. The maximum atomic E-state index is 13.1. The van der Waals surface area contributed by atoms with E-state index in [1.165, 1.54) is 48.6 Å². The zero-order valence-corrected chi connectivity index (χ0v) is 32.6. The van der Waals surface area contributed by atoms with E-state index in [0.717, 1.165) is 11.8 Å². The van der Waals surface area contributed by atoms with Crippen LogP contribution in [0.2, 0.25) is 20.1 Å². The monoisotopic (exact) mass is 842 g/mol. The molecule has 17 heteroatoms. The predicted molar refractivity (Wildman–Crippen MR) is 214 cm³/mol. The van der Waals surface area contributed by atoms with Crippen LogP contribution in [0.5, 0.6) is 0 Å². The highest BCUT2D eigenvalue weighted by molar-refractivity contribution is 7.99. The van der Waals surface area contributed by atoms with Crippen LogP contribution in [0.4, 0.5) is 11.4 Å². The van der Waals surface area contributed by atoms with Crippen LogP contribution in [0.1, 0.15) is 11.1 Å². The van der Waals surface area contributed by atoms with Crippen molar-refractivity contribution in [3.8, 4) is 22.3 Å². The molecule has 4 aromatic carbocycles. The number of halogens is 4. The lowest BCUT2D eigenvalue weighted by Gasteiger charge is -2.25. The van der Waals surface area contributed by atoms with Crippen molar-refractivity contribution < 1.29 is 28.9 Å². The molecule has 2 saturated heterocycles. The average Bonchev–Trinajstić information content (AvgIpc) is 3.20. The maximum Gasteiger partial charge on any atom is 0.277 e. The Morgan fingerprint density at radius 1 is 0.600 bits per heavy atom. The second-order valence-corrected chi connectivity index (χ2v) is 14.7. The molecule has 0 radical (unpaired) electrons. The van der Waals surface area contributed by atoms with E-state index in [9.17, 15) is 29.8 Å². The fourth-order valence-electron chi connectivity index (χ4n) is 6.08. The summed E-state index contributed by atoms with van der Waals surface area (Å²) < 4.78 is 10.7. The zero-order chi connectivity index (χ0) is 39.2. The van der Waals surface area contributed by atoms with Crippen molar-refractivity contribution in [2.75, 3.05) is 52.6 Å². The molecular formula is C38H30Cl4N4O8S. The molecular weight excluding hydrogens is 814 g/mol. The van der Waals surface area contributed by atoms with Crippen LogP contribution < -0.4 is 0 Å². The average molecular weight is 845 g/mol. The molecule has 284 valence electrons. The molecule has 0 saturated carbocycles. The Labute approximate surface area is 339 Å². The SMILES string of the molecule is O=C(C=Cc1c(-c2ccccc2[N+](=O)[O-])cc(Sc2cc(-c3ccccc3[N+](=O)[O-])c(C=CC(=O)N3CCOCC3)c(Cl)c2Cl)c(Cl)c1Cl)N1CCOCC1. The van der Waals surface area contributed by atoms with Gasteiger partial charge in [0.15, 0.2) is 0 Å². The molecule has 2 aliphatic rings. The number of hydrogen-bond acceptors (Lipinski definition) is 9. The van der Waals surface area contributed by atoms with Crippen molar-refractivity contribution in [3.05, 3.63) is 124 Å². The van der Waals surface area contributed by atoms with Crippen LogP contribution in [-0.2, 0) is 19.1 Å². The van der Waals surface area contributed by atoms with Crippen molar-refractivity contribution >= 4 is 93.5 Å². The number of rotatable bonds is 10. The third-order valence-corrected chi connectivity index (χ3v) is 11.9. The fraction of sp³-hybridized carbons (Fsp3) is 0.211. The smallest absolute Gasteiger partial charge is 0.277 e. The van der Waals surface area contributed by atoms with E-state index in [1.807, 2.05) is 0 Å². The minimum Gasteiger partial charge on any atom is -0.378 e. The summed E-state index contributed by atoms with van der Waals surface area (Å²) in [6.45, 7) is 3.21. The Hall–Kier alpha value is -4.47. The fourth-order valence-corrected chi connectivity index (χ4v) is 8.24. The van der Waals surface area contributed by atoms with Gasteiger partial charge in [0.05, 0.1) is 67.5 Å².